The highest BCUT2D eigenvalue weighted by Gasteiger charge is 2.15. The molecule has 4 nitrogen and oxygen atoms in total. The fourth-order valence-corrected chi connectivity index (χ4v) is 3.16. The zero-order chi connectivity index (χ0) is 20.6. The summed E-state index contributed by atoms with van der Waals surface area (Å²) in [5.41, 5.74) is 2.19. The van der Waals surface area contributed by atoms with Crippen molar-refractivity contribution in [3.63, 3.8) is 0 Å². The molecule has 0 radical (unpaired) electrons. The van der Waals surface area contributed by atoms with E-state index in [1.165, 1.54) is 0 Å². The highest BCUT2D eigenvalue weighted by atomic mass is 79.9. The first-order valence-electron chi connectivity index (χ1n) is 8.88. The van der Waals surface area contributed by atoms with Gasteiger partial charge in [-0.15, -0.1) is 0 Å². The number of rotatable bonds is 7. The van der Waals surface area contributed by atoms with Gasteiger partial charge >= 0.3 is 0 Å². The number of hydrogen-bond donors (Lipinski definition) is 0. The van der Waals surface area contributed by atoms with Crippen LogP contribution in [0.15, 0.2) is 82.8 Å². The molecule has 0 fully saturated rings. The van der Waals surface area contributed by atoms with Crippen LogP contribution in [-0.2, 0) is 6.61 Å². The van der Waals surface area contributed by atoms with Gasteiger partial charge in [0.25, 0.3) is 0 Å². The third-order valence-corrected chi connectivity index (χ3v) is 4.91. The Balaban J connectivity index is 1.88. The highest BCUT2D eigenvalue weighted by molar-refractivity contribution is 9.10. The Morgan fingerprint density at radius 3 is 2.31 bits per heavy atom. The standard InChI is InChI=1S/C24H18BrNO3/c1-28-22-13-19(12-20(15-26)24(27)18-10-6-3-7-11-18)21(25)14-23(22)29-16-17-8-4-2-5-9-17/h2-14H,16H2,1H3/b20-12+. The number of halogens is 1. The van der Waals surface area contributed by atoms with Gasteiger partial charge in [0.2, 0.25) is 5.78 Å². The van der Waals surface area contributed by atoms with Crippen LogP contribution in [0, 0.1) is 11.3 Å². The number of carbonyl (C=O) groups is 1. The van der Waals surface area contributed by atoms with Gasteiger partial charge in [-0.3, -0.25) is 4.79 Å². The smallest absolute Gasteiger partial charge is 0.203 e. The molecule has 0 N–H and O–H groups in total. The van der Waals surface area contributed by atoms with E-state index in [0.717, 1.165) is 5.56 Å². The van der Waals surface area contributed by atoms with Crippen LogP contribution in [0.3, 0.4) is 0 Å². The summed E-state index contributed by atoms with van der Waals surface area (Å²) in [7, 11) is 1.55. The van der Waals surface area contributed by atoms with Gasteiger partial charge < -0.3 is 9.47 Å². The quantitative estimate of drug-likeness (QED) is 0.259. The van der Waals surface area contributed by atoms with Crippen molar-refractivity contribution in [2.45, 2.75) is 6.61 Å². The zero-order valence-corrected chi connectivity index (χ0v) is 17.3. The van der Waals surface area contributed by atoms with Gasteiger partial charge in [-0.05, 0) is 29.3 Å². The van der Waals surface area contributed by atoms with Crippen molar-refractivity contribution in [2.75, 3.05) is 7.11 Å². The number of nitriles is 1. The van der Waals surface area contributed by atoms with Crippen LogP contribution >= 0.6 is 15.9 Å². The Bertz CT molecular complexity index is 1070. The van der Waals surface area contributed by atoms with E-state index in [2.05, 4.69) is 15.9 Å². The van der Waals surface area contributed by atoms with Crippen molar-refractivity contribution < 1.29 is 14.3 Å². The van der Waals surface area contributed by atoms with Crippen molar-refractivity contribution in [1.29, 1.82) is 5.26 Å². The summed E-state index contributed by atoms with van der Waals surface area (Å²) in [4.78, 5) is 12.6. The van der Waals surface area contributed by atoms with Gasteiger partial charge in [0, 0.05) is 10.0 Å². The fourth-order valence-electron chi connectivity index (χ4n) is 2.72. The lowest BCUT2D eigenvalue weighted by Crippen LogP contribution is -2.02. The first kappa shape index (κ1) is 20.4. The highest BCUT2D eigenvalue weighted by Crippen LogP contribution is 2.35. The van der Waals surface area contributed by atoms with Gasteiger partial charge in [0.05, 0.1) is 7.11 Å². The monoisotopic (exact) mass is 447 g/mol. The van der Waals surface area contributed by atoms with Gasteiger partial charge in [-0.2, -0.15) is 5.26 Å². The van der Waals surface area contributed by atoms with E-state index in [-0.39, 0.29) is 11.4 Å². The van der Waals surface area contributed by atoms with Crippen LogP contribution < -0.4 is 9.47 Å². The average molecular weight is 448 g/mol. The molecule has 0 aliphatic rings. The molecular formula is C24H18BrNO3. The zero-order valence-electron chi connectivity index (χ0n) is 15.8. The molecule has 5 heteroatoms. The molecule has 0 atom stereocenters. The number of ether oxygens (including phenoxy) is 2. The minimum absolute atomic E-state index is 0.0388. The van der Waals surface area contributed by atoms with Gasteiger partial charge in [-0.25, -0.2) is 0 Å². The second kappa shape index (κ2) is 9.72. The Kier molecular flexibility index (Phi) is 6.83. The van der Waals surface area contributed by atoms with E-state index < -0.39 is 0 Å². The molecule has 29 heavy (non-hydrogen) atoms. The summed E-state index contributed by atoms with van der Waals surface area (Å²) >= 11 is 3.50. The van der Waals surface area contributed by atoms with Gasteiger partial charge in [-0.1, -0.05) is 76.6 Å². The van der Waals surface area contributed by atoms with E-state index in [0.29, 0.717) is 33.7 Å². The molecule has 0 saturated carbocycles. The number of Topliss-reactive ketones (excluding diaryl/α,β-unsaturated/α-hetero) is 1. The molecule has 3 rings (SSSR count). The molecule has 3 aromatic rings. The summed E-state index contributed by atoms with van der Waals surface area (Å²) in [5, 5.41) is 9.49. The largest absolute Gasteiger partial charge is 0.493 e. The molecule has 0 spiro atoms. The molecule has 0 saturated heterocycles. The lowest BCUT2D eigenvalue weighted by Gasteiger charge is -2.13. The van der Waals surface area contributed by atoms with Crippen molar-refractivity contribution in [3.05, 3.63) is 99.5 Å². The Hall–Kier alpha value is -3.36. The normalized spacial score (nSPS) is 10.9. The molecule has 3 aromatic carbocycles. The molecule has 0 heterocycles. The molecule has 0 aliphatic heterocycles. The van der Waals surface area contributed by atoms with E-state index >= 15 is 0 Å². The maximum absolute atomic E-state index is 12.6. The molecule has 0 aliphatic carbocycles. The number of ketones is 1. The Morgan fingerprint density at radius 2 is 1.69 bits per heavy atom. The number of carbonyl (C=O) groups excluding carboxylic acids is 1. The van der Waals surface area contributed by atoms with Crippen molar-refractivity contribution >= 4 is 27.8 Å². The van der Waals surface area contributed by atoms with Crippen LogP contribution in [0.2, 0.25) is 0 Å². The lowest BCUT2D eigenvalue weighted by molar-refractivity contribution is 0.104. The summed E-state index contributed by atoms with van der Waals surface area (Å²) in [6, 6.07) is 24.0. The number of nitrogens with zero attached hydrogens (tertiary/aromatic N) is 1. The summed E-state index contributed by atoms with van der Waals surface area (Å²) in [5.74, 6) is 0.747. The topological polar surface area (TPSA) is 59.3 Å². The molecular weight excluding hydrogens is 430 g/mol. The van der Waals surface area contributed by atoms with E-state index in [4.69, 9.17) is 9.47 Å². The van der Waals surface area contributed by atoms with Crippen LogP contribution in [0.5, 0.6) is 11.5 Å². The molecule has 144 valence electrons. The number of methoxy groups -OCH3 is 1. The second-order valence-corrected chi connectivity index (χ2v) is 7.02. The minimum Gasteiger partial charge on any atom is -0.493 e. The first-order chi connectivity index (χ1) is 14.1. The summed E-state index contributed by atoms with van der Waals surface area (Å²) < 4.78 is 12.0. The Labute approximate surface area is 178 Å². The molecule has 0 aromatic heterocycles. The van der Waals surface area contributed by atoms with E-state index in [1.807, 2.05) is 42.5 Å². The van der Waals surface area contributed by atoms with Crippen LogP contribution in [-0.4, -0.2) is 12.9 Å². The van der Waals surface area contributed by atoms with E-state index in [1.54, 1.807) is 49.6 Å². The predicted octanol–water partition coefficient (Wildman–Crippen LogP) is 5.83. The van der Waals surface area contributed by atoms with Crippen molar-refractivity contribution in [1.82, 2.24) is 0 Å². The number of allylic oxidation sites excluding steroid dienone is 1. The maximum atomic E-state index is 12.6. The molecule has 0 unspecified atom stereocenters. The first-order valence-corrected chi connectivity index (χ1v) is 9.67. The second-order valence-electron chi connectivity index (χ2n) is 6.16. The summed E-state index contributed by atoms with van der Waals surface area (Å²) in [6.45, 7) is 0.398. The van der Waals surface area contributed by atoms with Crippen LogP contribution in [0.4, 0.5) is 0 Å². The fraction of sp³-hybridized carbons (Fsp3) is 0.0833. The average Bonchev–Trinajstić information content (AvgIpc) is 2.77. The lowest BCUT2D eigenvalue weighted by atomic mass is 10.0. The predicted molar refractivity (Wildman–Crippen MR) is 116 cm³/mol. The van der Waals surface area contributed by atoms with Crippen LogP contribution in [0.25, 0.3) is 6.08 Å². The van der Waals surface area contributed by atoms with Crippen molar-refractivity contribution in [2.24, 2.45) is 0 Å². The van der Waals surface area contributed by atoms with Gasteiger partial charge in [0.1, 0.15) is 18.2 Å². The van der Waals surface area contributed by atoms with E-state index in [9.17, 15) is 10.1 Å². The number of hydrogen-bond acceptors (Lipinski definition) is 4. The minimum atomic E-state index is -0.330. The third-order valence-electron chi connectivity index (χ3n) is 4.22. The molecule has 0 bridgehead atoms. The third kappa shape index (κ3) is 5.13. The molecule has 0 amide bonds. The van der Waals surface area contributed by atoms with Crippen LogP contribution in [0.1, 0.15) is 21.5 Å². The number of benzene rings is 3. The SMILES string of the molecule is COc1cc(/C=C(\C#N)C(=O)c2ccccc2)c(Br)cc1OCc1ccccc1. The summed E-state index contributed by atoms with van der Waals surface area (Å²) in [6.07, 6.45) is 1.54. The van der Waals surface area contributed by atoms with Crippen molar-refractivity contribution in [3.8, 4) is 17.6 Å². The van der Waals surface area contributed by atoms with Gasteiger partial charge in [0.15, 0.2) is 11.5 Å². The Morgan fingerprint density at radius 1 is 1.03 bits per heavy atom. The maximum Gasteiger partial charge on any atom is 0.203 e.